The SMILES string of the molecule is O=C(Nc1ccc(-c2ccc3ncc(N4CCOCC4)nc3c2)cc1)C1CCCC1. The van der Waals surface area contributed by atoms with Gasteiger partial charge in [-0.3, -0.25) is 9.78 Å². The highest BCUT2D eigenvalue weighted by Gasteiger charge is 2.22. The largest absolute Gasteiger partial charge is 0.378 e. The van der Waals surface area contributed by atoms with Gasteiger partial charge in [-0.25, -0.2) is 4.98 Å². The Hall–Kier alpha value is -2.99. The van der Waals surface area contributed by atoms with E-state index >= 15 is 0 Å². The first-order chi connectivity index (χ1) is 14.8. The highest BCUT2D eigenvalue weighted by Crippen LogP contribution is 2.28. The maximum Gasteiger partial charge on any atom is 0.227 e. The van der Waals surface area contributed by atoms with Crippen LogP contribution in [0.4, 0.5) is 11.5 Å². The van der Waals surface area contributed by atoms with Crippen LogP contribution in [-0.2, 0) is 9.53 Å². The Labute approximate surface area is 176 Å². The first-order valence-electron chi connectivity index (χ1n) is 10.8. The van der Waals surface area contributed by atoms with Crippen molar-refractivity contribution in [2.24, 2.45) is 5.92 Å². The molecule has 1 saturated carbocycles. The number of nitrogens with zero attached hydrogens (tertiary/aromatic N) is 3. The van der Waals surface area contributed by atoms with Gasteiger partial charge in [-0.15, -0.1) is 0 Å². The Kier molecular flexibility index (Phi) is 5.32. The lowest BCUT2D eigenvalue weighted by Gasteiger charge is -2.27. The molecule has 5 rings (SSSR count). The molecule has 2 aliphatic rings. The van der Waals surface area contributed by atoms with Gasteiger partial charge in [-0.2, -0.15) is 0 Å². The second-order valence-corrected chi connectivity index (χ2v) is 8.08. The summed E-state index contributed by atoms with van der Waals surface area (Å²) < 4.78 is 5.43. The van der Waals surface area contributed by atoms with E-state index in [-0.39, 0.29) is 11.8 Å². The van der Waals surface area contributed by atoms with Gasteiger partial charge >= 0.3 is 0 Å². The number of hydrogen-bond donors (Lipinski definition) is 1. The fourth-order valence-corrected chi connectivity index (χ4v) is 4.30. The van der Waals surface area contributed by atoms with Crippen molar-refractivity contribution in [1.82, 2.24) is 9.97 Å². The predicted octanol–water partition coefficient (Wildman–Crippen LogP) is 4.26. The van der Waals surface area contributed by atoms with Gasteiger partial charge in [-0.05, 0) is 48.2 Å². The molecule has 1 saturated heterocycles. The van der Waals surface area contributed by atoms with Crippen LogP contribution in [0.1, 0.15) is 25.7 Å². The van der Waals surface area contributed by atoms with E-state index in [1.165, 1.54) is 0 Å². The van der Waals surface area contributed by atoms with E-state index in [9.17, 15) is 4.79 Å². The first kappa shape index (κ1) is 19.0. The molecule has 154 valence electrons. The molecule has 0 atom stereocenters. The minimum atomic E-state index is 0.150. The van der Waals surface area contributed by atoms with Gasteiger partial charge in [0, 0.05) is 24.7 Å². The van der Waals surface area contributed by atoms with Gasteiger partial charge in [0.25, 0.3) is 0 Å². The number of carbonyl (C=O) groups is 1. The molecule has 1 aliphatic carbocycles. The zero-order valence-corrected chi connectivity index (χ0v) is 17.0. The standard InChI is InChI=1S/C24H26N4O2/c29-24(18-3-1-2-4-18)26-20-8-5-17(6-9-20)19-7-10-21-22(15-19)27-23(16-25-21)28-11-13-30-14-12-28/h5-10,15-16,18H,1-4,11-14H2,(H,26,29). The number of ether oxygens (including phenoxy) is 1. The lowest BCUT2D eigenvalue weighted by molar-refractivity contribution is -0.119. The molecule has 2 fully saturated rings. The van der Waals surface area contributed by atoms with Crippen LogP contribution in [-0.4, -0.2) is 42.2 Å². The number of nitrogens with one attached hydrogen (secondary N) is 1. The Balaban J connectivity index is 1.35. The summed E-state index contributed by atoms with van der Waals surface area (Å²) in [6.07, 6.45) is 6.18. The Morgan fingerprint density at radius 3 is 2.47 bits per heavy atom. The summed E-state index contributed by atoms with van der Waals surface area (Å²) >= 11 is 0. The van der Waals surface area contributed by atoms with Crippen molar-refractivity contribution in [2.75, 3.05) is 36.5 Å². The van der Waals surface area contributed by atoms with Crippen LogP contribution in [0.5, 0.6) is 0 Å². The van der Waals surface area contributed by atoms with E-state index in [4.69, 9.17) is 9.72 Å². The minimum absolute atomic E-state index is 0.150. The summed E-state index contributed by atoms with van der Waals surface area (Å²) in [6, 6.07) is 14.2. The lowest BCUT2D eigenvalue weighted by atomic mass is 10.0. The van der Waals surface area contributed by atoms with E-state index in [0.29, 0.717) is 0 Å². The second-order valence-electron chi connectivity index (χ2n) is 8.08. The fourth-order valence-electron chi connectivity index (χ4n) is 4.30. The average Bonchev–Trinajstić information content (AvgIpc) is 3.35. The summed E-state index contributed by atoms with van der Waals surface area (Å²) in [5, 5.41) is 3.06. The van der Waals surface area contributed by atoms with E-state index in [1.807, 2.05) is 36.5 Å². The number of amides is 1. The van der Waals surface area contributed by atoms with Crippen molar-refractivity contribution in [2.45, 2.75) is 25.7 Å². The molecular weight excluding hydrogens is 376 g/mol. The molecule has 6 heteroatoms. The summed E-state index contributed by atoms with van der Waals surface area (Å²) in [4.78, 5) is 24.0. The smallest absolute Gasteiger partial charge is 0.227 e. The number of rotatable bonds is 4. The summed E-state index contributed by atoms with van der Waals surface area (Å²) in [5.41, 5.74) is 4.80. The molecule has 30 heavy (non-hydrogen) atoms. The van der Waals surface area contributed by atoms with Crippen molar-refractivity contribution in [1.29, 1.82) is 0 Å². The van der Waals surface area contributed by atoms with Crippen LogP contribution in [0.2, 0.25) is 0 Å². The summed E-state index contributed by atoms with van der Waals surface area (Å²) in [6.45, 7) is 3.13. The number of fused-ring (bicyclic) bond motifs is 1. The number of aromatic nitrogens is 2. The molecule has 1 aromatic heterocycles. The van der Waals surface area contributed by atoms with Gasteiger partial charge in [0.1, 0.15) is 5.82 Å². The quantitative estimate of drug-likeness (QED) is 0.706. The molecule has 2 aromatic carbocycles. The van der Waals surface area contributed by atoms with Gasteiger partial charge in [0.15, 0.2) is 0 Å². The molecular formula is C24H26N4O2. The number of benzene rings is 2. The molecule has 0 bridgehead atoms. The van der Waals surface area contributed by atoms with Gasteiger partial charge in [-0.1, -0.05) is 31.0 Å². The second kappa shape index (κ2) is 8.40. The van der Waals surface area contributed by atoms with Crippen LogP contribution in [0.15, 0.2) is 48.7 Å². The van der Waals surface area contributed by atoms with Crippen LogP contribution in [0.3, 0.4) is 0 Å². The molecule has 1 amide bonds. The van der Waals surface area contributed by atoms with Crippen molar-refractivity contribution in [3.05, 3.63) is 48.7 Å². The third-order valence-electron chi connectivity index (χ3n) is 6.08. The normalized spacial score (nSPS) is 17.4. The molecule has 0 radical (unpaired) electrons. The zero-order valence-electron chi connectivity index (χ0n) is 17.0. The van der Waals surface area contributed by atoms with E-state index in [2.05, 4.69) is 27.3 Å². The number of morpholine rings is 1. The van der Waals surface area contributed by atoms with Gasteiger partial charge in [0.2, 0.25) is 5.91 Å². The third kappa shape index (κ3) is 4.00. The molecule has 1 N–H and O–H groups in total. The molecule has 3 aromatic rings. The Bertz CT molecular complexity index is 1040. The first-order valence-corrected chi connectivity index (χ1v) is 10.8. The van der Waals surface area contributed by atoms with Crippen molar-refractivity contribution in [3.8, 4) is 11.1 Å². The molecule has 0 unspecified atom stereocenters. The van der Waals surface area contributed by atoms with E-state index < -0.39 is 0 Å². The number of carbonyl (C=O) groups excluding carboxylic acids is 1. The molecule has 1 aliphatic heterocycles. The van der Waals surface area contributed by atoms with E-state index in [1.54, 1.807) is 0 Å². The average molecular weight is 402 g/mol. The predicted molar refractivity (Wildman–Crippen MR) is 119 cm³/mol. The maximum absolute atomic E-state index is 12.3. The fraction of sp³-hybridized carbons (Fsp3) is 0.375. The molecule has 2 heterocycles. The van der Waals surface area contributed by atoms with Crippen molar-refractivity contribution >= 4 is 28.4 Å². The summed E-state index contributed by atoms with van der Waals surface area (Å²) in [5.74, 6) is 1.22. The van der Waals surface area contributed by atoms with Gasteiger partial charge in [0.05, 0.1) is 30.4 Å². The molecule has 6 nitrogen and oxygen atoms in total. The molecule has 0 spiro atoms. The van der Waals surface area contributed by atoms with Crippen molar-refractivity contribution in [3.63, 3.8) is 0 Å². The van der Waals surface area contributed by atoms with Crippen LogP contribution < -0.4 is 10.2 Å². The third-order valence-corrected chi connectivity index (χ3v) is 6.08. The van der Waals surface area contributed by atoms with Crippen LogP contribution in [0, 0.1) is 5.92 Å². The Morgan fingerprint density at radius 2 is 1.70 bits per heavy atom. The lowest BCUT2D eigenvalue weighted by Crippen LogP contribution is -2.36. The number of hydrogen-bond acceptors (Lipinski definition) is 5. The minimum Gasteiger partial charge on any atom is -0.378 e. The van der Waals surface area contributed by atoms with Crippen LogP contribution in [0.25, 0.3) is 22.2 Å². The zero-order chi connectivity index (χ0) is 20.3. The monoisotopic (exact) mass is 402 g/mol. The van der Waals surface area contributed by atoms with Crippen LogP contribution >= 0.6 is 0 Å². The number of anilines is 2. The van der Waals surface area contributed by atoms with Crippen molar-refractivity contribution < 1.29 is 9.53 Å². The highest BCUT2D eigenvalue weighted by molar-refractivity contribution is 5.93. The van der Waals surface area contributed by atoms with E-state index in [0.717, 1.165) is 85.7 Å². The maximum atomic E-state index is 12.3. The Morgan fingerprint density at radius 1 is 0.967 bits per heavy atom. The highest BCUT2D eigenvalue weighted by atomic mass is 16.5. The summed E-state index contributed by atoms with van der Waals surface area (Å²) in [7, 11) is 0. The topological polar surface area (TPSA) is 67.4 Å². The van der Waals surface area contributed by atoms with Gasteiger partial charge < -0.3 is 15.0 Å².